The van der Waals surface area contributed by atoms with Crippen LogP contribution in [-0.4, -0.2) is 28.8 Å². The largest absolute Gasteiger partial charge is 0.478 e. The van der Waals surface area contributed by atoms with Gasteiger partial charge in [-0.15, -0.1) is 0 Å². The van der Waals surface area contributed by atoms with E-state index in [1.807, 2.05) is 0 Å². The number of aliphatic hydroxyl groups excluding tert-OH is 1. The van der Waals surface area contributed by atoms with Gasteiger partial charge in [-0.1, -0.05) is 13.8 Å². The second kappa shape index (κ2) is 6.40. The monoisotopic (exact) mass is 251 g/mol. The average Bonchev–Trinajstić information content (AvgIpc) is 2.27. The molecule has 0 aliphatic rings. The molecule has 3 N–H and O–H groups in total. The van der Waals surface area contributed by atoms with Gasteiger partial charge in [0.15, 0.2) is 0 Å². The summed E-state index contributed by atoms with van der Waals surface area (Å²) in [6.45, 7) is 6.04. The Kier molecular flexibility index (Phi) is 5.16. The molecule has 18 heavy (non-hydrogen) atoms. The molecule has 4 nitrogen and oxygen atoms in total. The number of hydrogen-bond acceptors (Lipinski definition) is 3. The summed E-state index contributed by atoms with van der Waals surface area (Å²) < 4.78 is 0. The van der Waals surface area contributed by atoms with Crippen molar-refractivity contribution in [3.8, 4) is 0 Å². The molecule has 0 saturated heterocycles. The van der Waals surface area contributed by atoms with Gasteiger partial charge in [-0.2, -0.15) is 0 Å². The third-order valence-electron chi connectivity index (χ3n) is 2.80. The third kappa shape index (κ3) is 4.04. The summed E-state index contributed by atoms with van der Waals surface area (Å²) in [5.41, 5.74) is 1.87. The highest BCUT2D eigenvalue weighted by atomic mass is 16.4. The second-order valence-electron chi connectivity index (χ2n) is 4.99. The van der Waals surface area contributed by atoms with E-state index in [2.05, 4.69) is 19.2 Å². The lowest BCUT2D eigenvalue weighted by molar-refractivity contribution is 0.0696. The minimum absolute atomic E-state index is 0.0000723. The minimum atomic E-state index is -0.917. The van der Waals surface area contributed by atoms with E-state index >= 15 is 0 Å². The van der Waals surface area contributed by atoms with Gasteiger partial charge in [0.2, 0.25) is 0 Å². The number of rotatable bonds is 6. The number of hydrogen-bond donors (Lipinski definition) is 3. The van der Waals surface area contributed by atoms with Gasteiger partial charge >= 0.3 is 5.97 Å². The maximum atomic E-state index is 10.9. The highest BCUT2D eigenvalue weighted by Gasteiger charge is 2.11. The predicted molar refractivity (Wildman–Crippen MR) is 72.1 cm³/mol. The van der Waals surface area contributed by atoms with Crippen molar-refractivity contribution in [2.45, 2.75) is 33.2 Å². The Bertz CT molecular complexity index is 416. The topological polar surface area (TPSA) is 69.6 Å². The van der Waals surface area contributed by atoms with Crippen molar-refractivity contribution in [3.05, 3.63) is 29.3 Å². The molecule has 1 unspecified atom stereocenters. The molecular formula is C14H21NO3. The summed E-state index contributed by atoms with van der Waals surface area (Å²) in [5, 5.41) is 21.5. The number of carboxylic acids is 1. The summed E-state index contributed by atoms with van der Waals surface area (Å²) in [6.07, 6.45) is 0.871. The van der Waals surface area contributed by atoms with Crippen molar-refractivity contribution >= 4 is 11.7 Å². The Balaban J connectivity index is 2.78. The molecule has 4 heteroatoms. The van der Waals surface area contributed by atoms with E-state index in [0.29, 0.717) is 17.0 Å². The van der Waals surface area contributed by atoms with Crippen LogP contribution in [-0.2, 0) is 0 Å². The van der Waals surface area contributed by atoms with Crippen molar-refractivity contribution in [1.82, 2.24) is 0 Å². The molecule has 1 aromatic rings. The van der Waals surface area contributed by atoms with Crippen LogP contribution >= 0.6 is 0 Å². The number of carbonyl (C=O) groups is 1. The molecule has 1 aromatic carbocycles. The summed E-state index contributed by atoms with van der Waals surface area (Å²) >= 11 is 0. The predicted octanol–water partition coefficient (Wildman–Crippen LogP) is 2.51. The van der Waals surface area contributed by atoms with Gasteiger partial charge in [-0.25, -0.2) is 4.79 Å². The molecule has 0 aromatic heterocycles. The molecule has 0 saturated carbocycles. The first-order valence-electron chi connectivity index (χ1n) is 6.15. The first-order valence-corrected chi connectivity index (χ1v) is 6.15. The average molecular weight is 251 g/mol. The highest BCUT2D eigenvalue weighted by molar-refractivity contribution is 5.89. The van der Waals surface area contributed by atoms with Crippen LogP contribution in [0, 0.1) is 12.8 Å². The zero-order valence-electron chi connectivity index (χ0n) is 11.1. The first-order chi connectivity index (χ1) is 8.43. The number of aliphatic hydroxyl groups is 1. The van der Waals surface area contributed by atoms with Crippen molar-refractivity contribution < 1.29 is 15.0 Å². The van der Waals surface area contributed by atoms with Crippen LogP contribution in [0.2, 0.25) is 0 Å². The van der Waals surface area contributed by atoms with Gasteiger partial charge in [0.1, 0.15) is 0 Å². The first kappa shape index (κ1) is 14.5. The molecule has 0 spiro atoms. The minimum Gasteiger partial charge on any atom is -0.478 e. The second-order valence-corrected chi connectivity index (χ2v) is 4.99. The van der Waals surface area contributed by atoms with Crippen LogP contribution in [0.5, 0.6) is 0 Å². The van der Waals surface area contributed by atoms with Crippen LogP contribution in [0.25, 0.3) is 0 Å². The Hall–Kier alpha value is -1.55. The normalized spacial score (nSPS) is 12.5. The lowest BCUT2D eigenvalue weighted by Gasteiger charge is -2.20. The molecular weight excluding hydrogens is 230 g/mol. The standard InChI is InChI=1S/C14H21NO3/c1-9(2)6-12(8-16)15-11-4-5-13(14(17)18)10(3)7-11/h4-5,7,9,12,15-16H,6,8H2,1-3H3,(H,17,18). The quantitative estimate of drug-likeness (QED) is 0.726. The van der Waals surface area contributed by atoms with Crippen LogP contribution in [0.1, 0.15) is 36.2 Å². The van der Waals surface area contributed by atoms with Gasteiger partial charge in [0.05, 0.1) is 12.2 Å². The lowest BCUT2D eigenvalue weighted by Crippen LogP contribution is -2.25. The smallest absolute Gasteiger partial charge is 0.335 e. The summed E-state index contributed by atoms with van der Waals surface area (Å²) in [6, 6.07) is 5.12. The van der Waals surface area contributed by atoms with Gasteiger partial charge in [0, 0.05) is 11.7 Å². The number of benzene rings is 1. The highest BCUT2D eigenvalue weighted by Crippen LogP contribution is 2.17. The fourth-order valence-electron chi connectivity index (χ4n) is 1.98. The van der Waals surface area contributed by atoms with Crippen molar-refractivity contribution in [1.29, 1.82) is 0 Å². The third-order valence-corrected chi connectivity index (χ3v) is 2.80. The van der Waals surface area contributed by atoms with E-state index in [1.165, 1.54) is 0 Å². The fraction of sp³-hybridized carbons (Fsp3) is 0.500. The molecule has 1 atom stereocenters. The molecule has 0 fully saturated rings. The Labute approximate surface area is 108 Å². The van der Waals surface area contributed by atoms with Gasteiger partial charge in [-0.05, 0) is 43.0 Å². The number of aryl methyl sites for hydroxylation is 1. The van der Waals surface area contributed by atoms with E-state index in [4.69, 9.17) is 5.11 Å². The summed E-state index contributed by atoms with van der Waals surface area (Å²) in [7, 11) is 0. The molecule has 0 aliphatic heterocycles. The number of carboxylic acid groups (broad SMARTS) is 1. The van der Waals surface area contributed by atoms with E-state index in [1.54, 1.807) is 25.1 Å². The summed E-state index contributed by atoms with van der Waals surface area (Å²) in [5.74, 6) is -0.422. The molecule has 0 bridgehead atoms. The number of aromatic carboxylic acids is 1. The van der Waals surface area contributed by atoms with Crippen LogP contribution in [0.15, 0.2) is 18.2 Å². The zero-order valence-corrected chi connectivity index (χ0v) is 11.1. The molecule has 100 valence electrons. The molecule has 0 amide bonds. The molecule has 0 heterocycles. The SMILES string of the molecule is Cc1cc(NC(CO)CC(C)C)ccc1C(=O)O. The van der Waals surface area contributed by atoms with Crippen molar-refractivity contribution in [3.63, 3.8) is 0 Å². The van der Waals surface area contributed by atoms with Crippen LogP contribution in [0.3, 0.4) is 0 Å². The molecule has 1 rings (SSSR count). The van der Waals surface area contributed by atoms with Crippen LogP contribution in [0.4, 0.5) is 5.69 Å². The van der Waals surface area contributed by atoms with Crippen molar-refractivity contribution in [2.75, 3.05) is 11.9 Å². The van der Waals surface area contributed by atoms with Gasteiger partial charge in [-0.3, -0.25) is 0 Å². The van der Waals surface area contributed by atoms with E-state index in [0.717, 1.165) is 12.1 Å². The summed E-state index contributed by atoms with van der Waals surface area (Å²) in [4.78, 5) is 10.9. The van der Waals surface area contributed by atoms with E-state index in [9.17, 15) is 9.90 Å². The Morgan fingerprint density at radius 3 is 2.50 bits per heavy atom. The maximum absolute atomic E-state index is 10.9. The van der Waals surface area contributed by atoms with E-state index in [-0.39, 0.29) is 12.6 Å². The Morgan fingerprint density at radius 1 is 1.39 bits per heavy atom. The number of nitrogens with one attached hydrogen (secondary N) is 1. The molecule has 0 radical (unpaired) electrons. The zero-order chi connectivity index (χ0) is 13.7. The number of anilines is 1. The van der Waals surface area contributed by atoms with Crippen molar-refractivity contribution in [2.24, 2.45) is 5.92 Å². The van der Waals surface area contributed by atoms with Gasteiger partial charge in [0.25, 0.3) is 0 Å². The maximum Gasteiger partial charge on any atom is 0.335 e. The van der Waals surface area contributed by atoms with E-state index < -0.39 is 5.97 Å². The fourth-order valence-corrected chi connectivity index (χ4v) is 1.98. The molecule has 0 aliphatic carbocycles. The lowest BCUT2D eigenvalue weighted by atomic mass is 10.0. The Morgan fingerprint density at radius 2 is 2.06 bits per heavy atom. The van der Waals surface area contributed by atoms with Gasteiger partial charge < -0.3 is 15.5 Å². The van der Waals surface area contributed by atoms with Crippen LogP contribution < -0.4 is 5.32 Å².